The molecular formula is C27H26BrF3N4O4S. The van der Waals surface area contributed by atoms with Gasteiger partial charge in [-0.25, -0.2) is 4.98 Å². The smallest absolute Gasteiger partial charge is 0.455 e. The largest absolute Gasteiger partial charge is 0.516 e. The Kier molecular flexibility index (Phi) is 7.47. The molecule has 5 rings (SSSR count). The Morgan fingerprint density at radius 2 is 1.93 bits per heavy atom. The number of benzene rings is 2. The maximum atomic E-state index is 13.0. The lowest BCUT2D eigenvalue weighted by Gasteiger charge is -2.13. The van der Waals surface area contributed by atoms with Crippen molar-refractivity contribution in [1.82, 2.24) is 14.9 Å². The highest BCUT2D eigenvalue weighted by Gasteiger charge is 2.46. The molecule has 2 heterocycles. The fourth-order valence-corrected chi connectivity index (χ4v) is 5.83. The Hall–Kier alpha value is -3.32. The Balaban J connectivity index is 1.53. The number of nitrogens with one attached hydrogen (secondary N) is 2. The van der Waals surface area contributed by atoms with Crippen molar-refractivity contribution < 1.29 is 30.8 Å². The predicted octanol–water partition coefficient (Wildman–Crippen LogP) is 6.24. The molecule has 0 spiro atoms. The van der Waals surface area contributed by atoms with E-state index in [1.165, 1.54) is 18.2 Å². The van der Waals surface area contributed by atoms with Crippen molar-refractivity contribution in [3.8, 4) is 11.3 Å². The van der Waals surface area contributed by atoms with Gasteiger partial charge in [0.1, 0.15) is 17.1 Å². The van der Waals surface area contributed by atoms with Gasteiger partial charge in [0.25, 0.3) is 5.91 Å². The number of hydrogen-bond donors (Lipinski definition) is 2. The number of carbonyl (C=O) groups is 1. The van der Waals surface area contributed by atoms with E-state index >= 15 is 0 Å². The number of amides is 1. The molecule has 40 heavy (non-hydrogen) atoms. The Morgan fingerprint density at radius 1 is 1.20 bits per heavy atom. The van der Waals surface area contributed by atoms with Crippen molar-refractivity contribution in [3.63, 3.8) is 0 Å². The number of anilines is 1. The summed E-state index contributed by atoms with van der Waals surface area (Å²) >= 11 is 3.50. The summed E-state index contributed by atoms with van der Waals surface area (Å²) in [4.78, 5) is 17.7. The van der Waals surface area contributed by atoms with E-state index in [0.29, 0.717) is 40.0 Å². The molecule has 0 unspecified atom stereocenters. The lowest BCUT2D eigenvalue weighted by atomic mass is 10.1. The molecule has 8 nitrogen and oxygen atoms in total. The molecule has 212 valence electrons. The number of imidazole rings is 1. The van der Waals surface area contributed by atoms with Crippen molar-refractivity contribution in [2.24, 2.45) is 5.92 Å². The van der Waals surface area contributed by atoms with Crippen molar-refractivity contribution in [2.45, 2.75) is 44.7 Å². The van der Waals surface area contributed by atoms with E-state index in [0.717, 1.165) is 36.3 Å². The van der Waals surface area contributed by atoms with Gasteiger partial charge in [-0.05, 0) is 70.9 Å². The number of hydrogen-bond acceptors (Lipinski definition) is 5. The van der Waals surface area contributed by atoms with Gasteiger partial charge in [-0.1, -0.05) is 25.1 Å². The maximum Gasteiger partial charge on any atom is 0.516 e. The molecule has 0 atom stereocenters. The number of rotatable bonds is 9. The molecule has 2 aromatic carbocycles. The third-order valence-electron chi connectivity index (χ3n) is 6.81. The van der Waals surface area contributed by atoms with E-state index < -0.39 is 15.5 Å². The van der Waals surface area contributed by atoms with E-state index in [2.05, 4.69) is 21.2 Å². The number of aromatic nitrogens is 2. The summed E-state index contributed by atoms with van der Waals surface area (Å²) < 4.78 is 72.6. The highest BCUT2D eigenvalue weighted by Crippen LogP contribution is 2.42. The van der Waals surface area contributed by atoms with Crippen LogP contribution in [0.5, 0.6) is 0 Å². The van der Waals surface area contributed by atoms with Crippen molar-refractivity contribution >= 4 is 48.5 Å². The first-order valence-corrected chi connectivity index (χ1v) is 14.9. The number of aryl methyl sites for hydroxylation is 1. The summed E-state index contributed by atoms with van der Waals surface area (Å²) in [5, 5.41) is 3.37. The number of carbonyl (C=O) groups excluding carboxylic acids is 1. The Bertz CT molecular complexity index is 1710. The summed E-state index contributed by atoms with van der Waals surface area (Å²) in [6, 6.07) is 11.1. The van der Waals surface area contributed by atoms with Crippen molar-refractivity contribution in [2.75, 3.05) is 11.8 Å². The van der Waals surface area contributed by atoms with Crippen LogP contribution in [-0.4, -0.2) is 36.4 Å². The molecule has 2 N–H and O–H groups in total. The molecule has 13 heteroatoms. The average molecular weight is 639 g/mol. The van der Waals surface area contributed by atoms with Gasteiger partial charge >= 0.3 is 15.5 Å². The summed E-state index contributed by atoms with van der Waals surface area (Å²) in [5.74, 6) is 1.32. The van der Waals surface area contributed by atoms with Gasteiger partial charge in [-0.2, -0.15) is 21.6 Å². The van der Waals surface area contributed by atoms with Crippen LogP contribution < -0.4 is 10.0 Å². The lowest BCUT2D eigenvalue weighted by Crippen LogP contribution is -2.30. The van der Waals surface area contributed by atoms with E-state index in [4.69, 9.17) is 9.40 Å². The quantitative estimate of drug-likeness (QED) is 0.226. The topological polar surface area (TPSA) is 106 Å². The van der Waals surface area contributed by atoms with Gasteiger partial charge in [0.15, 0.2) is 5.76 Å². The molecule has 0 saturated heterocycles. The molecule has 1 fully saturated rings. The fraction of sp³-hybridized carbons (Fsp3) is 0.333. The monoisotopic (exact) mass is 638 g/mol. The zero-order valence-electron chi connectivity index (χ0n) is 21.6. The summed E-state index contributed by atoms with van der Waals surface area (Å²) in [5.41, 5.74) is -2.98. The van der Waals surface area contributed by atoms with Gasteiger partial charge in [-0.15, -0.1) is 0 Å². The van der Waals surface area contributed by atoms with Crippen LogP contribution in [0.1, 0.15) is 47.3 Å². The molecular weight excluding hydrogens is 613 g/mol. The molecule has 0 aliphatic heterocycles. The van der Waals surface area contributed by atoms with Crippen LogP contribution in [0.25, 0.3) is 22.3 Å². The highest BCUT2D eigenvalue weighted by molar-refractivity contribution is 9.10. The van der Waals surface area contributed by atoms with Crippen LogP contribution in [0.15, 0.2) is 51.4 Å². The van der Waals surface area contributed by atoms with E-state index in [-0.39, 0.29) is 22.9 Å². The second kappa shape index (κ2) is 10.6. The molecule has 1 aliphatic rings. The standard InChI is InChI=1S/C27H26BrF3N4O4S/c1-3-22-33-20(13-15-8-9-15)24(26(36)32-2)35(22)14-16-10-11-21-18(12-16)23(28)25(39-21)17-6-4-5-7-19(17)34-40(37,38)27(29,30)31/h4-7,10-12,15,34H,3,8-9,13-14H2,1-2H3,(H,32,36). The second-order valence-electron chi connectivity index (χ2n) is 9.66. The summed E-state index contributed by atoms with van der Waals surface area (Å²) in [7, 11) is -4.04. The molecule has 1 saturated carbocycles. The van der Waals surface area contributed by atoms with Crippen molar-refractivity contribution in [3.05, 3.63) is 69.7 Å². The minimum atomic E-state index is -5.64. The molecule has 0 bridgehead atoms. The first-order valence-electron chi connectivity index (χ1n) is 12.6. The Morgan fingerprint density at radius 3 is 2.58 bits per heavy atom. The zero-order valence-corrected chi connectivity index (χ0v) is 24.0. The van der Waals surface area contributed by atoms with Gasteiger partial charge in [-0.3, -0.25) is 9.52 Å². The fourth-order valence-electron chi connectivity index (χ4n) is 4.65. The van der Waals surface area contributed by atoms with E-state index in [9.17, 15) is 26.4 Å². The number of halogens is 4. The van der Waals surface area contributed by atoms with Crippen LogP contribution in [0, 0.1) is 5.92 Å². The van der Waals surface area contributed by atoms with Gasteiger partial charge in [0.05, 0.1) is 15.9 Å². The van der Waals surface area contributed by atoms with Gasteiger partial charge in [0.2, 0.25) is 0 Å². The number of nitrogens with zero attached hydrogens (tertiary/aromatic N) is 2. The molecule has 4 aromatic rings. The second-order valence-corrected chi connectivity index (χ2v) is 12.1. The first-order chi connectivity index (χ1) is 18.9. The summed E-state index contributed by atoms with van der Waals surface area (Å²) in [6.07, 6.45) is 3.67. The summed E-state index contributed by atoms with van der Waals surface area (Å²) in [6.45, 7) is 2.36. The number of para-hydroxylation sites is 1. The van der Waals surface area contributed by atoms with E-state index in [1.54, 1.807) is 23.9 Å². The van der Waals surface area contributed by atoms with Crippen LogP contribution >= 0.6 is 15.9 Å². The zero-order chi connectivity index (χ0) is 28.8. The molecule has 0 radical (unpaired) electrons. The maximum absolute atomic E-state index is 13.0. The Labute approximate surface area is 237 Å². The lowest BCUT2D eigenvalue weighted by molar-refractivity contribution is -0.0429. The number of alkyl halides is 3. The molecule has 1 aliphatic carbocycles. The normalized spacial score (nSPS) is 14.1. The molecule has 1 amide bonds. The first kappa shape index (κ1) is 28.2. The van der Waals surface area contributed by atoms with Crippen molar-refractivity contribution in [1.29, 1.82) is 0 Å². The van der Waals surface area contributed by atoms with E-state index in [1.807, 2.05) is 23.6 Å². The van der Waals surface area contributed by atoms with Crippen LogP contribution in [0.3, 0.4) is 0 Å². The number of fused-ring (bicyclic) bond motifs is 1. The highest BCUT2D eigenvalue weighted by atomic mass is 79.9. The minimum absolute atomic E-state index is 0.134. The van der Waals surface area contributed by atoms with Gasteiger partial charge < -0.3 is 14.3 Å². The number of sulfonamides is 1. The number of furan rings is 1. The third-order valence-corrected chi connectivity index (χ3v) is 8.69. The average Bonchev–Trinajstić information content (AvgIpc) is 3.58. The minimum Gasteiger partial charge on any atom is -0.455 e. The van der Waals surface area contributed by atoms with Crippen LogP contribution in [0.4, 0.5) is 18.9 Å². The molecule has 2 aromatic heterocycles. The van der Waals surface area contributed by atoms with Gasteiger partial charge in [0, 0.05) is 31.0 Å². The van der Waals surface area contributed by atoms with Crippen LogP contribution in [-0.2, 0) is 29.4 Å². The predicted molar refractivity (Wildman–Crippen MR) is 148 cm³/mol. The third kappa shape index (κ3) is 5.36. The van der Waals surface area contributed by atoms with Crippen LogP contribution in [0.2, 0.25) is 0 Å². The SMILES string of the molecule is CCc1nc(CC2CC2)c(C(=O)NC)n1Cc1ccc2oc(-c3ccccc3NS(=O)(=O)C(F)(F)F)c(Br)c2c1.